The SMILES string of the molecule is CCOC(=O)CC=CC=CC=C1C(=O)CC(O)C1CCC(C)=O. The number of carbonyl (C=O) groups is 3. The number of aliphatic hydroxyl groups is 1. The van der Waals surface area contributed by atoms with Crippen LogP contribution < -0.4 is 0 Å². The van der Waals surface area contributed by atoms with Gasteiger partial charge in [-0.1, -0.05) is 30.4 Å². The highest BCUT2D eigenvalue weighted by atomic mass is 16.5. The van der Waals surface area contributed by atoms with Crippen molar-refractivity contribution in [3.8, 4) is 0 Å². The fourth-order valence-electron chi connectivity index (χ4n) is 2.47. The molecule has 0 aromatic heterocycles. The Balaban J connectivity index is 2.59. The van der Waals surface area contributed by atoms with Gasteiger partial charge < -0.3 is 14.6 Å². The first-order chi connectivity index (χ1) is 11.0. The summed E-state index contributed by atoms with van der Waals surface area (Å²) in [6.45, 7) is 3.62. The van der Waals surface area contributed by atoms with Gasteiger partial charge >= 0.3 is 5.97 Å². The van der Waals surface area contributed by atoms with E-state index >= 15 is 0 Å². The van der Waals surface area contributed by atoms with Crippen molar-refractivity contribution in [1.82, 2.24) is 0 Å². The van der Waals surface area contributed by atoms with Crippen molar-refractivity contribution in [2.45, 2.75) is 45.6 Å². The maximum absolute atomic E-state index is 11.9. The molecule has 1 aliphatic rings. The molecule has 0 spiro atoms. The first-order valence-electron chi connectivity index (χ1n) is 7.85. The zero-order valence-electron chi connectivity index (χ0n) is 13.7. The maximum Gasteiger partial charge on any atom is 0.309 e. The van der Waals surface area contributed by atoms with E-state index in [4.69, 9.17) is 4.74 Å². The summed E-state index contributed by atoms with van der Waals surface area (Å²) in [6.07, 6.45) is 8.92. The number of Topliss-reactive ketones (excluding diaryl/α,β-unsaturated/α-hetero) is 2. The van der Waals surface area contributed by atoms with Crippen molar-refractivity contribution in [2.75, 3.05) is 6.61 Å². The fraction of sp³-hybridized carbons (Fsp3) is 0.500. The van der Waals surface area contributed by atoms with E-state index in [-0.39, 0.29) is 36.3 Å². The zero-order chi connectivity index (χ0) is 17.2. The Bertz CT molecular complexity index is 528. The maximum atomic E-state index is 11.9. The van der Waals surface area contributed by atoms with E-state index in [9.17, 15) is 19.5 Å². The molecule has 2 atom stereocenters. The lowest BCUT2D eigenvalue weighted by molar-refractivity contribution is -0.142. The largest absolute Gasteiger partial charge is 0.466 e. The molecule has 23 heavy (non-hydrogen) atoms. The van der Waals surface area contributed by atoms with Crippen LogP contribution in [0.25, 0.3) is 0 Å². The second-order valence-corrected chi connectivity index (χ2v) is 5.49. The average molecular weight is 320 g/mol. The molecule has 2 unspecified atom stereocenters. The number of aliphatic hydroxyl groups excluding tert-OH is 1. The van der Waals surface area contributed by atoms with Crippen molar-refractivity contribution in [1.29, 1.82) is 0 Å². The van der Waals surface area contributed by atoms with Gasteiger partial charge in [0.1, 0.15) is 5.78 Å². The first-order valence-corrected chi connectivity index (χ1v) is 7.85. The van der Waals surface area contributed by atoms with Crippen LogP contribution >= 0.6 is 0 Å². The Morgan fingerprint density at radius 2 is 2.04 bits per heavy atom. The molecule has 0 saturated heterocycles. The van der Waals surface area contributed by atoms with E-state index in [0.29, 0.717) is 25.0 Å². The Morgan fingerprint density at radius 3 is 2.70 bits per heavy atom. The van der Waals surface area contributed by atoms with Gasteiger partial charge in [0.25, 0.3) is 0 Å². The number of ketones is 2. The second-order valence-electron chi connectivity index (χ2n) is 5.49. The lowest BCUT2D eigenvalue weighted by atomic mass is 9.94. The van der Waals surface area contributed by atoms with Crippen LogP contribution in [0.4, 0.5) is 0 Å². The summed E-state index contributed by atoms with van der Waals surface area (Å²) in [5.41, 5.74) is 0.564. The number of hydrogen-bond donors (Lipinski definition) is 1. The van der Waals surface area contributed by atoms with Gasteiger partial charge in [-0.05, 0) is 20.3 Å². The number of hydrogen-bond acceptors (Lipinski definition) is 5. The van der Waals surface area contributed by atoms with Crippen LogP contribution in [0.2, 0.25) is 0 Å². The lowest BCUT2D eigenvalue weighted by Crippen LogP contribution is -2.15. The number of esters is 1. The lowest BCUT2D eigenvalue weighted by Gasteiger charge is -2.13. The number of rotatable bonds is 8. The van der Waals surface area contributed by atoms with E-state index in [1.54, 1.807) is 37.3 Å². The molecule has 126 valence electrons. The van der Waals surface area contributed by atoms with Crippen LogP contribution in [-0.4, -0.2) is 35.4 Å². The van der Waals surface area contributed by atoms with Gasteiger partial charge in [0.05, 0.1) is 19.1 Å². The van der Waals surface area contributed by atoms with Crippen LogP contribution in [-0.2, 0) is 19.1 Å². The molecule has 1 fully saturated rings. The summed E-state index contributed by atoms with van der Waals surface area (Å²) >= 11 is 0. The van der Waals surface area contributed by atoms with Crippen molar-refractivity contribution in [3.05, 3.63) is 36.0 Å². The second kappa shape index (κ2) is 9.90. The Hall–Kier alpha value is -2.01. The highest BCUT2D eigenvalue weighted by Crippen LogP contribution is 2.32. The summed E-state index contributed by atoms with van der Waals surface area (Å²) in [7, 11) is 0. The summed E-state index contributed by atoms with van der Waals surface area (Å²) in [4.78, 5) is 34.1. The average Bonchev–Trinajstić information content (AvgIpc) is 2.74. The molecule has 0 aromatic carbocycles. The third-order valence-electron chi connectivity index (χ3n) is 3.61. The molecule has 0 amide bonds. The summed E-state index contributed by atoms with van der Waals surface area (Å²) in [5.74, 6) is -0.590. The van der Waals surface area contributed by atoms with Crippen molar-refractivity contribution < 1.29 is 24.2 Å². The van der Waals surface area contributed by atoms with Gasteiger partial charge in [-0.15, -0.1) is 0 Å². The smallest absolute Gasteiger partial charge is 0.309 e. The number of carbonyl (C=O) groups excluding carboxylic acids is 3. The van der Waals surface area contributed by atoms with Crippen LogP contribution in [0.3, 0.4) is 0 Å². The molecule has 1 N–H and O–H groups in total. The van der Waals surface area contributed by atoms with Crippen molar-refractivity contribution >= 4 is 17.5 Å². The van der Waals surface area contributed by atoms with Crippen molar-refractivity contribution in [3.63, 3.8) is 0 Å². The first kappa shape index (κ1) is 19.0. The highest BCUT2D eigenvalue weighted by Gasteiger charge is 2.35. The highest BCUT2D eigenvalue weighted by molar-refractivity contribution is 5.99. The molecule has 0 radical (unpaired) electrons. The molecule has 0 aliphatic heterocycles. The molecule has 0 heterocycles. The standard InChI is InChI=1S/C18H24O5/c1-3-23-18(22)9-7-5-4-6-8-14-15(11-10-13(2)19)17(21)12-16(14)20/h4-8,15,17,21H,3,9-12H2,1-2H3. The molecule has 5 heteroatoms. The minimum absolute atomic E-state index is 0.0494. The van der Waals surface area contributed by atoms with E-state index in [1.807, 2.05) is 0 Å². The third-order valence-corrected chi connectivity index (χ3v) is 3.61. The summed E-state index contributed by atoms with van der Waals surface area (Å²) in [6, 6.07) is 0. The molecule has 5 nitrogen and oxygen atoms in total. The van der Waals surface area contributed by atoms with Gasteiger partial charge in [-0.25, -0.2) is 0 Å². The van der Waals surface area contributed by atoms with E-state index in [1.165, 1.54) is 6.92 Å². The minimum atomic E-state index is -0.708. The third kappa shape index (κ3) is 6.74. The fourth-order valence-corrected chi connectivity index (χ4v) is 2.47. The number of ether oxygens (including phenoxy) is 1. The Kier molecular flexibility index (Phi) is 8.19. The molecule has 1 saturated carbocycles. The van der Waals surface area contributed by atoms with Crippen LogP contribution in [0.5, 0.6) is 0 Å². The van der Waals surface area contributed by atoms with Gasteiger partial charge in [0, 0.05) is 24.3 Å². The Labute approximate surface area is 136 Å². The van der Waals surface area contributed by atoms with Crippen molar-refractivity contribution in [2.24, 2.45) is 5.92 Å². The van der Waals surface area contributed by atoms with Crippen LogP contribution in [0.15, 0.2) is 36.0 Å². The number of allylic oxidation sites excluding steroid dienone is 4. The van der Waals surface area contributed by atoms with E-state index in [0.717, 1.165) is 0 Å². The van der Waals surface area contributed by atoms with Gasteiger partial charge in [0.2, 0.25) is 0 Å². The monoisotopic (exact) mass is 320 g/mol. The Morgan fingerprint density at radius 1 is 1.30 bits per heavy atom. The molecular formula is C18H24O5. The quantitative estimate of drug-likeness (QED) is 0.422. The zero-order valence-corrected chi connectivity index (χ0v) is 13.7. The molecule has 1 aliphatic carbocycles. The topological polar surface area (TPSA) is 80.7 Å². The molecule has 0 bridgehead atoms. The molecule has 0 aromatic rings. The summed E-state index contributed by atoms with van der Waals surface area (Å²) < 4.78 is 4.79. The van der Waals surface area contributed by atoms with Crippen LogP contribution in [0, 0.1) is 5.92 Å². The van der Waals surface area contributed by atoms with Crippen LogP contribution in [0.1, 0.15) is 39.5 Å². The normalized spacial score (nSPS) is 23.3. The van der Waals surface area contributed by atoms with Gasteiger partial charge in [0.15, 0.2) is 5.78 Å². The molecule has 1 rings (SSSR count). The summed E-state index contributed by atoms with van der Waals surface area (Å²) in [5, 5.41) is 9.93. The predicted molar refractivity (Wildman–Crippen MR) is 86.6 cm³/mol. The van der Waals surface area contributed by atoms with Gasteiger partial charge in [-0.2, -0.15) is 0 Å². The predicted octanol–water partition coefficient (Wildman–Crippen LogP) is 2.30. The van der Waals surface area contributed by atoms with E-state index < -0.39 is 6.10 Å². The minimum Gasteiger partial charge on any atom is -0.466 e. The van der Waals surface area contributed by atoms with Gasteiger partial charge in [-0.3, -0.25) is 9.59 Å². The molecular weight excluding hydrogens is 296 g/mol. The van der Waals surface area contributed by atoms with E-state index in [2.05, 4.69) is 0 Å².